The summed E-state index contributed by atoms with van der Waals surface area (Å²) in [6, 6.07) is 0. The molecule has 0 spiro atoms. The molecule has 0 aliphatic heterocycles. The molecule has 0 aromatic carbocycles. The minimum Gasteiger partial charge on any atom is -0.460 e. The predicted octanol–water partition coefficient (Wildman–Crippen LogP) is 2.25. The SMILES string of the molecule is C=C(C)C(=O)OCC(O)CCC(=O)CCC(C)C. The lowest BCUT2D eigenvalue weighted by Crippen LogP contribution is -2.20. The van der Waals surface area contributed by atoms with Crippen LogP contribution in [-0.2, 0) is 14.3 Å². The summed E-state index contributed by atoms with van der Waals surface area (Å²) in [6.45, 7) is 9.04. The minimum absolute atomic E-state index is 0.0802. The van der Waals surface area contributed by atoms with E-state index in [-0.39, 0.29) is 12.4 Å². The fraction of sp³-hybridized carbons (Fsp3) is 0.714. The van der Waals surface area contributed by atoms with Crippen molar-refractivity contribution in [3.05, 3.63) is 12.2 Å². The Hall–Kier alpha value is -1.16. The van der Waals surface area contributed by atoms with Gasteiger partial charge in [0.15, 0.2) is 0 Å². The second kappa shape index (κ2) is 8.86. The summed E-state index contributed by atoms with van der Waals surface area (Å²) in [5.41, 5.74) is 0.301. The van der Waals surface area contributed by atoms with E-state index < -0.39 is 12.1 Å². The zero-order valence-electron chi connectivity index (χ0n) is 11.6. The Balaban J connectivity index is 3.70. The largest absolute Gasteiger partial charge is 0.460 e. The third kappa shape index (κ3) is 8.93. The summed E-state index contributed by atoms with van der Waals surface area (Å²) in [4.78, 5) is 22.5. The number of hydrogen-bond acceptors (Lipinski definition) is 4. The number of aliphatic hydroxyl groups is 1. The van der Waals surface area contributed by atoms with Crippen LogP contribution in [0.4, 0.5) is 0 Å². The fourth-order valence-corrected chi connectivity index (χ4v) is 1.28. The van der Waals surface area contributed by atoms with Gasteiger partial charge in [-0.1, -0.05) is 20.4 Å². The summed E-state index contributed by atoms with van der Waals surface area (Å²) in [5, 5.41) is 9.55. The highest BCUT2D eigenvalue weighted by Crippen LogP contribution is 2.08. The van der Waals surface area contributed by atoms with Crippen LogP contribution in [0.15, 0.2) is 12.2 Å². The molecule has 0 aromatic heterocycles. The van der Waals surface area contributed by atoms with Gasteiger partial charge in [0.25, 0.3) is 0 Å². The Labute approximate surface area is 109 Å². The van der Waals surface area contributed by atoms with E-state index in [1.807, 2.05) is 0 Å². The van der Waals surface area contributed by atoms with Crippen LogP contribution in [0.1, 0.15) is 46.5 Å². The topological polar surface area (TPSA) is 63.6 Å². The van der Waals surface area contributed by atoms with Gasteiger partial charge in [-0.25, -0.2) is 4.79 Å². The van der Waals surface area contributed by atoms with E-state index in [1.165, 1.54) is 0 Å². The predicted molar refractivity (Wildman–Crippen MR) is 70.1 cm³/mol. The fourth-order valence-electron chi connectivity index (χ4n) is 1.28. The summed E-state index contributed by atoms with van der Waals surface area (Å²) < 4.78 is 4.80. The van der Waals surface area contributed by atoms with E-state index in [0.717, 1.165) is 6.42 Å². The standard InChI is InChI=1S/C14H24O4/c1-10(2)5-6-12(15)7-8-13(16)9-18-14(17)11(3)4/h10,13,16H,3,5-9H2,1-2,4H3. The average Bonchev–Trinajstić information content (AvgIpc) is 2.30. The van der Waals surface area contributed by atoms with Crippen LogP contribution in [0, 0.1) is 5.92 Å². The molecule has 0 saturated carbocycles. The number of ether oxygens (including phenoxy) is 1. The minimum atomic E-state index is -0.781. The molecule has 4 heteroatoms. The Morgan fingerprint density at radius 2 is 1.78 bits per heavy atom. The number of hydrogen-bond donors (Lipinski definition) is 1. The number of ketones is 1. The van der Waals surface area contributed by atoms with Crippen molar-refractivity contribution in [2.24, 2.45) is 5.92 Å². The first-order valence-electron chi connectivity index (χ1n) is 6.35. The summed E-state index contributed by atoms with van der Waals surface area (Å²) in [5.74, 6) is 0.143. The maximum atomic E-state index is 11.5. The Bertz CT molecular complexity index is 294. The van der Waals surface area contributed by atoms with E-state index in [0.29, 0.717) is 30.8 Å². The van der Waals surface area contributed by atoms with Crippen LogP contribution in [0.2, 0.25) is 0 Å². The molecule has 0 radical (unpaired) electrons. The molecular formula is C14H24O4. The van der Waals surface area contributed by atoms with Crippen LogP contribution >= 0.6 is 0 Å². The lowest BCUT2D eigenvalue weighted by molar-refractivity contribution is -0.142. The Kier molecular flexibility index (Phi) is 8.29. The molecule has 0 amide bonds. The maximum absolute atomic E-state index is 11.5. The van der Waals surface area contributed by atoms with Crippen molar-refractivity contribution < 1.29 is 19.4 Å². The molecule has 104 valence electrons. The zero-order chi connectivity index (χ0) is 14.1. The summed E-state index contributed by atoms with van der Waals surface area (Å²) in [6.07, 6.45) is 1.31. The van der Waals surface area contributed by atoms with Gasteiger partial charge in [-0.2, -0.15) is 0 Å². The molecule has 0 aliphatic rings. The quantitative estimate of drug-likeness (QED) is 0.507. The number of rotatable bonds is 9. The van der Waals surface area contributed by atoms with Crippen molar-refractivity contribution in [2.75, 3.05) is 6.61 Å². The second-order valence-corrected chi connectivity index (χ2v) is 5.04. The molecule has 0 saturated heterocycles. The number of esters is 1. The van der Waals surface area contributed by atoms with Gasteiger partial charge in [-0.15, -0.1) is 0 Å². The molecule has 0 bridgehead atoms. The van der Waals surface area contributed by atoms with Crippen molar-refractivity contribution in [1.29, 1.82) is 0 Å². The molecule has 0 rings (SSSR count). The van der Waals surface area contributed by atoms with Gasteiger partial charge in [-0.3, -0.25) is 4.79 Å². The third-order valence-corrected chi connectivity index (χ3v) is 2.51. The van der Waals surface area contributed by atoms with Crippen LogP contribution in [0.3, 0.4) is 0 Å². The van der Waals surface area contributed by atoms with Crippen LogP contribution in [-0.4, -0.2) is 29.6 Å². The number of Topliss-reactive ketones (excluding diaryl/α,β-unsaturated/α-hetero) is 1. The lowest BCUT2D eigenvalue weighted by Gasteiger charge is -2.11. The van der Waals surface area contributed by atoms with E-state index in [1.54, 1.807) is 6.92 Å². The number of aliphatic hydroxyl groups excluding tert-OH is 1. The van der Waals surface area contributed by atoms with Gasteiger partial charge < -0.3 is 9.84 Å². The number of carbonyl (C=O) groups excluding carboxylic acids is 2. The average molecular weight is 256 g/mol. The molecule has 0 aliphatic carbocycles. The smallest absolute Gasteiger partial charge is 0.333 e. The molecule has 1 N–H and O–H groups in total. The monoisotopic (exact) mass is 256 g/mol. The van der Waals surface area contributed by atoms with Crippen molar-refractivity contribution >= 4 is 11.8 Å². The van der Waals surface area contributed by atoms with Crippen molar-refractivity contribution in [3.63, 3.8) is 0 Å². The zero-order valence-corrected chi connectivity index (χ0v) is 11.6. The highest BCUT2D eigenvalue weighted by Gasteiger charge is 2.11. The highest BCUT2D eigenvalue weighted by atomic mass is 16.5. The molecule has 1 atom stereocenters. The van der Waals surface area contributed by atoms with Crippen molar-refractivity contribution in [1.82, 2.24) is 0 Å². The maximum Gasteiger partial charge on any atom is 0.333 e. The normalized spacial score (nSPS) is 12.3. The molecule has 0 fully saturated rings. The Morgan fingerprint density at radius 3 is 2.28 bits per heavy atom. The molecule has 18 heavy (non-hydrogen) atoms. The molecule has 4 nitrogen and oxygen atoms in total. The highest BCUT2D eigenvalue weighted by molar-refractivity contribution is 5.86. The van der Waals surface area contributed by atoms with Crippen LogP contribution in [0.25, 0.3) is 0 Å². The van der Waals surface area contributed by atoms with E-state index in [4.69, 9.17) is 4.74 Å². The lowest BCUT2D eigenvalue weighted by atomic mass is 10.0. The van der Waals surface area contributed by atoms with E-state index >= 15 is 0 Å². The van der Waals surface area contributed by atoms with Gasteiger partial charge in [0.2, 0.25) is 0 Å². The first kappa shape index (κ1) is 16.8. The molecule has 0 heterocycles. The summed E-state index contributed by atoms with van der Waals surface area (Å²) in [7, 11) is 0. The first-order chi connectivity index (χ1) is 8.32. The number of carbonyl (C=O) groups is 2. The molecule has 0 aromatic rings. The van der Waals surface area contributed by atoms with Gasteiger partial charge in [0.05, 0.1) is 6.10 Å². The van der Waals surface area contributed by atoms with Crippen molar-refractivity contribution in [2.45, 2.75) is 52.6 Å². The molecule has 1 unspecified atom stereocenters. The van der Waals surface area contributed by atoms with Gasteiger partial charge in [0.1, 0.15) is 12.4 Å². The van der Waals surface area contributed by atoms with Gasteiger partial charge >= 0.3 is 5.97 Å². The van der Waals surface area contributed by atoms with Crippen LogP contribution < -0.4 is 0 Å². The summed E-state index contributed by atoms with van der Waals surface area (Å²) >= 11 is 0. The first-order valence-corrected chi connectivity index (χ1v) is 6.35. The van der Waals surface area contributed by atoms with E-state index in [9.17, 15) is 14.7 Å². The Morgan fingerprint density at radius 1 is 1.22 bits per heavy atom. The van der Waals surface area contributed by atoms with E-state index in [2.05, 4.69) is 20.4 Å². The van der Waals surface area contributed by atoms with Crippen LogP contribution in [0.5, 0.6) is 0 Å². The van der Waals surface area contributed by atoms with Gasteiger partial charge in [-0.05, 0) is 25.7 Å². The molecular weight excluding hydrogens is 232 g/mol. The second-order valence-electron chi connectivity index (χ2n) is 5.04. The van der Waals surface area contributed by atoms with Crippen molar-refractivity contribution in [3.8, 4) is 0 Å². The van der Waals surface area contributed by atoms with Gasteiger partial charge in [0, 0.05) is 18.4 Å². The third-order valence-electron chi connectivity index (χ3n) is 2.51.